The molecule has 0 bridgehead atoms. The summed E-state index contributed by atoms with van der Waals surface area (Å²) in [6.07, 6.45) is 0. The number of ether oxygens (including phenoxy) is 2. The molecule has 0 N–H and O–H groups in total. The molecule has 0 saturated carbocycles. The van der Waals surface area contributed by atoms with Crippen LogP contribution in [0.15, 0.2) is 66.7 Å². The summed E-state index contributed by atoms with van der Waals surface area (Å²) in [6, 6.07) is 22.8. The topological polar surface area (TPSA) is 73.5 Å². The van der Waals surface area contributed by atoms with Crippen molar-refractivity contribution < 1.29 is 65.3 Å². The molecule has 5 aromatic rings. The molecule has 1 radical (unpaired) electrons. The van der Waals surface area contributed by atoms with Crippen molar-refractivity contribution in [3.63, 3.8) is 0 Å². The van der Waals surface area contributed by atoms with Crippen LogP contribution in [-0.4, -0.2) is 86.5 Å². The van der Waals surface area contributed by atoms with Crippen molar-refractivity contribution >= 4 is 22.1 Å². The van der Waals surface area contributed by atoms with Gasteiger partial charge in [0.05, 0.1) is 61.8 Å². The molecule has 5 heterocycles. The van der Waals surface area contributed by atoms with Crippen LogP contribution in [0, 0.1) is 0 Å². The van der Waals surface area contributed by atoms with Gasteiger partial charge in [0.15, 0.2) is 11.6 Å². The number of imidazole rings is 2. The Morgan fingerprint density at radius 2 is 0.929 bits per heavy atom. The number of pyridine rings is 1. The number of benzene rings is 2. The minimum absolute atomic E-state index is 0. The molecule has 0 atom stereocenters. The number of hydrogen-bond donors (Lipinski definition) is 0. The van der Waals surface area contributed by atoms with Crippen molar-refractivity contribution in [2.45, 2.75) is 13.3 Å². The van der Waals surface area contributed by atoms with Gasteiger partial charge in [-0.05, 0) is 36.4 Å². The van der Waals surface area contributed by atoms with E-state index >= 15 is 0 Å². The van der Waals surface area contributed by atoms with Crippen molar-refractivity contribution in [3.8, 4) is 23.0 Å². The molecule has 42 heavy (non-hydrogen) atoms. The first-order valence-electron chi connectivity index (χ1n) is 13.3. The van der Waals surface area contributed by atoms with Crippen LogP contribution in [0.1, 0.15) is 0 Å². The van der Waals surface area contributed by atoms with E-state index in [1.165, 1.54) is 0 Å². The third kappa shape index (κ3) is 6.96. The third-order valence-corrected chi connectivity index (χ3v) is 7.41. The van der Waals surface area contributed by atoms with Crippen LogP contribution in [0.4, 0.5) is 0 Å². The fourth-order valence-corrected chi connectivity index (χ4v) is 5.40. The predicted octanol–water partition coefficient (Wildman–Crippen LogP) is -5.30. The summed E-state index contributed by atoms with van der Waals surface area (Å²) in [5.41, 5.74) is 5.86. The summed E-state index contributed by atoms with van der Waals surface area (Å²) in [6.45, 7) is 8.17. The molecule has 2 fully saturated rings. The number of para-hydroxylation sites is 4. The molecular formula is C29H31Cl3N7O2V-3. The average molecular weight is 667 g/mol. The molecular weight excluding hydrogens is 636 g/mol. The van der Waals surface area contributed by atoms with Gasteiger partial charge in [0.1, 0.15) is 11.4 Å². The van der Waals surface area contributed by atoms with E-state index in [2.05, 4.69) is 73.5 Å². The van der Waals surface area contributed by atoms with Crippen LogP contribution < -0.4 is 37.2 Å². The second kappa shape index (κ2) is 15.5. The number of fused-ring (bicyclic) bond motifs is 2. The minimum atomic E-state index is 0. The van der Waals surface area contributed by atoms with Gasteiger partial charge in [-0.1, -0.05) is 30.3 Å². The van der Waals surface area contributed by atoms with E-state index in [-0.39, 0.29) is 55.8 Å². The van der Waals surface area contributed by atoms with Gasteiger partial charge in [-0.15, -0.1) is 0 Å². The normalized spacial score (nSPS) is 15.8. The molecule has 7 rings (SSSR count). The van der Waals surface area contributed by atoms with E-state index < -0.39 is 0 Å². The zero-order valence-electron chi connectivity index (χ0n) is 23.0. The van der Waals surface area contributed by atoms with Crippen LogP contribution >= 0.6 is 0 Å². The van der Waals surface area contributed by atoms with E-state index in [4.69, 9.17) is 24.4 Å². The van der Waals surface area contributed by atoms with Gasteiger partial charge in [-0.25, -0.2) is 15.0 Å². The van der Waals surface area contributed by atoms with E-state index in [0.717, 1.165) is 111 Å². The van der Waals surface area contributed by atoms with E-state index in [1.54, 1.807) is 0 Å². The summed E-state index contributed by atoms with van der Waals surface area (Å²) in [5, 5.41) is 0. The number of nitrogens with zero attached hydrogens (tertiary/aromatic N) is 7. The first-order chi connectivity index (χ1) is 18.8. The quantitative estimate of drug-likeness (QED) is 0.180. The first-order valence-corrected chi connectivity index (χ1v) is 13.3. The van der Waals surface area contributed by atoms with Crippen LogP contribution in [-0.2, 0) is 41.4 Å². The van der Waals surface area contributed by atoms with Crippen LogP contribution in [0.25, 0.3) is 45.1 Å². The maximum atomic E-state index is 5.58. The monoisotopic (exact) mass is 665 g/mol. The Hall–Kier alpha value is -2.18. The molecule has 0 aliphatic carbocycles. The van der Waals surface area contributed by atoms with Gasteiger partial charge in [-0.3, -0.25) is 9.80 Å². The number of aromatic nitrogens is 5. The van der Waals surface area contributed by atoms with Crippen molar-refractivity contribution in [2.75, 3.05) is 52.6 Å². The molecule has 3 aromatic heterocycles. The van der Waals surface area contributed by atoms with Crippen molar-refractivity contribution in [2.24, 2.45) is 0 Å². The maximum Gasteiger partial charge on any atom is 0.160 e. The third-order valence-electron chi connectivity index (χ3n) is 7.41. The van der Waals surface area contributed by atoms with Gasteiger partial charge in [0.2, 0.25) is 0 Å². The molecule has 2 aliphatic rings. The number of morpholine rings is 2. The van der Waals surface area contributed by atoms with Crippen molar-refractivity contribution in [1.82, 2.24) is 33.9 Å². The van der Waals surface area contributed by atoms with E-state index in [1.807, 2.05) is 12.1 Å². The minimum Gasteiger partial charge on any atom is -1.00 e. The Morgan fingerprint density at radius 1 is 0.524 bits per heavy atom. The molecule has 0 unspecified atom stereocenters. The van der Waals surface area contributed by atoms with Crippen LogP contribution in [0.2, 0.25) is 0 Å². The van der Waals surface area contributed by atoms with Gasteiger partial charge in [-0.2, -0.15) is 0 Å². The molecule has 0 spiro atoms. The summed E-state index contributed by atoms with van der Waals surface area (Å²) in [7, 11) is 0. The molecule has 13 heteroatoms. The maximum absolute atomic E-state index is 5.58. The Bertz CT molecular complexity index is 1470. The SMILES string of the molecule is [Cl-].[Cl-].[Cl-].[V].c1cc(-c2nc3ccccc3n2CN2CCOCC2)nc(-c2nc3ccccc3n2CN2CCOCC2)c1. The summed E-state index contributed by atoms with van der Waals surface area (Å²) in [4.78, 5) is 20.0. The fraction of sp³-hybridized carbons (Fsp3) is 0.345. The second-order valence-electron chi connectivity index (χ2n) is 9.86. The van der Waals surface area contributed by atoms with Gasteiger partial charge in [0, 0.05) is 44.7 Å². The van der Waals surface area contributed by atoms with E-state index in [0.29, 0.717) is 0 Å². The summed E-state index contributed by atoms with van der Waals surface area (Å²) >= 11 is 0. The van der Waals surface area contributed by atoms with Gasteiger partial charge in [0.25, 0.3) is 0 Å². The molecule has 223 valence electrons. The number of rotatable bonds is 6. The number of hydrogen-bond acceptors (Lipinski definition) is 7. The Morgan fingerprint density at radius 3 is 1.36 bits per heavy atom. The van der Waals surface area contributed by atoms with Crippen LogP contribution in [0.3, 0.4) is 0 Å². The largest absolute Gasteiger partial charge is 1.00 e. The first kappa shape index (κ1) is 34.3. The zero-order valence-corrected chi connectivity index (χ0v) is 26.6. The van der Waals surface area contributed by atoms with Crippen LogP contribution in [0.5, 0.6) is 0 Å². The smallest absolute Gasteiger partial charge is 0.160 e. The molecule has 0 amide bonds. The molecule has 9 nitrogen and oxygen atoms in total. The van der Waals surface area contributed by atoms with Gasteiger partial charge >= 0.3 is 0 Å². The standard InChI is InChI=1S/C29H31N7O2.3ClH.V/c1-3-10-26-22(6-1)31-28(35(26)20-33-12-16-37-17-13-33)24-8-5-9-25(30-24)29-32-23-7-2-4-11-27(23)36(29)21-34-14-18-38-19-15-34;;;;/h1-11H,12-21H2;3*1H;/p-3. The Labute approximate surface area is 275 Å². The Balaban J connectivity index is 0.00000121. The number of halogens is 3. The predicted molar refractivity (Wildman–Crippen MR) is 146 cm³/mol. The molecule has 2 aliphatic heterocycles. The van der Waals surface area contributed by atoms with E-state index in [9.17, 15) is 0 Å². The zero-order chi connectivity index (χ0) is 25.3. The van der Waals surface area contributed by atoms with Crippen molar-refractivity contribution in [1.29, 1.82) is 0 Å². The molecule has 2 saturated heterocycles. The molecule has 2 aromatic carbocycles. The van der Waals surface area contributed by atoms with Crippen molar-refractivity contribution in [3.05, 3.63) is 66.7 Å². The summed E-state index contributed by atoms with van der Waals surface area (Å²) in [5.74, 6) is 1.74. The summed E-state index contributed by atoms with van der Waals surface area (Å²) < 4.78 is 15.7. The van der Waals surface area contributed by atoms with Gasteiger partial charge < -0.3 is 55.8 Å². The Kier molecular flexibility index (Phi) is 12.7. The average Bonchev–Trinajstić information content (AvgIpc) is 3.53. The second-order valence-corrected chi connectivity index (χ2v) is 9.86. The fourth-order valence-electron chi connectivity index (χ4n) is 5.40.